The van der Waals surface area contributed by atoms with Gasteiger partial charge in [-0.2, -0.15) is 0 Å². The lowest BCUT2D eigenvalue weighted by Gasteiger charge is -2.59. The molecule has 7 heteroatoms. The van der Waals surface area contributed by atoms with E-state index in [4.69, 9.17) is 4.74 Å². The SMILES string of the molecule is O=C(O)C12CC3CC(C1)CC(C(=O)Oc1c(I)cc(I)cc1I)(C3)C2. The Bertz CT molecular complexity index is 739. The van der Waals surface area contributed by atoms with Gasteiger partial charge in [-0.3, -0.25) is 9.59 Å². The van der Waals surface area contributed by atoms with Crippen LogP contribution in [0.25, 0.3) is 0 Å². The number of halogens is 3. The molecule has 1 aromatic rings. The molecule has 0 heterocycles. The standard InChI is InChI=1S/C18H17I3O4/c19-11-2-12(20)14(13(21)3-11)25-16(24)18-6-9-1-10(7-18)5-17(4-9,8-18)15(22)23/h2-3,9-10H,1,4-8H2,(H,22,23). The second-order valence-electron chi connectivity index (χ2n) is 7.91. The molecular formula is C18H17I3O4. The van der Waals surface area contributed by atoms with Gasteiger partial charge in [0, 0.05) is 3.57 Å². The smallest absolute Gasteiger partial charge is 0.317 e. The average Bonchev–Trinajstić information content (AvgIpc) is 2.49. The van der Waals surface area contributed by atoms with Gasteiger partial charge in [-0.25, -0.2) is 0 Å². The molecule has 0 aliphatic heterocycles. The molecule has 4 aliphatic rings. The van der Waals surface area contributed by atoms with Crippen LogP contribution in [0.3, 0.4) is 0 Å². The van der Waals surface area contributed by atoms with Gasteiger partial charge >= 0.3 is 11.9 Å². The molecular weight excluding hydrogens is 661 g/mol. The third-order valence-electron chi connectivity index (χ3n) is 6.11. The summed E-state index contributed by atoms with van der Waals surface area (Å²) in [4.78, 5) is 25.2. The molecule has 4 aliphatic carbocycles. The lowest BCUT2D eigenvalue weighted by atomic mass is 9.44. The van der Waals surface area contributed by atoms with E-state index in [1.165, 1.54) is 0 Å². The first kappa shape index (κ1) is 18.7. The summed E-state index contributed by atoms with van der Waals surface area (Å²) < 4.78 is 8.83. The number of esters is 1. The highest BCUT2D eigenvalue weighted by Gasteiger charge is 2.64. The maximum absolute atomic E-state index is 13.2. The first-order chi connectivity index (χ1) is 11.7. The van der Waals surface area contributed by atoms with E-state index in [-0.39, 0.29) is 5.97 Å². The van der Waals surface area contributed by atoms with Crippen LogP contribution in [-0.2, 0) is 9.59 Å². The maximum atomic E-state index is 13.2. The van der Waals surface area contributed by atoms with Crippen LogP contribution in [0.2, 0.25) is 0 Å². The number of hydrogen-bond acceptors (Lipinski definition) is 3. The van der Waals surface area contributed by atoms with Crippen LogP contribution in [-0.4, -0.2) is 17.0 Å². The number of ether oxygens (including phenoxy) is 1. The normalized spacial score (nSPS) is 35.6. The third kappa shape index (κ3) is 3.13. The predicted octanol–water partition coefficient (Wildman–Crippen LogP) is 5.08. The van der Waals surface area contributed by atoms with Crippen molar-refractivity contribution in [1.29, 1.82) is 0 Å². The molecule has 4 nitrogen and oxygen atoms in total. The molecule has 134 valence electrons. The van der Waals surface area contributed by atoms with E-state index >= 15 is 0 Å². The Morgan fingerprint density at radius 3 is 2.04 bits per heavy atom. The maximum Gasteiger partial charge on any atom is 0.317 e. The zero-order valence-corrected chi connectivity index (χ0v) is 19.8. The predicted molar refractivity (Wildman–Crippen MR) is 117 cm³/mol. The Labute approximate surface area is 187 Å². The van der Waals surface area contributed by atoms with E-state index in [1.807, 2.05) is 12.1 Å². The molecule has 2 unspecified atom stereocenters. The summed E-state index contributed by atoms with van der Waals surface area (Å²) in [5, 5.41) is 9.83. The Kier molecular flexibility index (Phi) is 4.83. The highest BCUT2D eigenvalue weighted by molar-refractivity contribution is 14.1. The second-order valence-corrected chi connectivity index (χ2v) is 11.5. The zero-order chi connectivity index (χ0) is 18.0. The Balaban J connectivity index is 1.65. The minimum absolute atomic E-state index is 0.218. The summed E-state index contributed by atoms with van der Waals surface area (Å²) in [6.45, 7) is 0. The van der Waals surface area contributed by atoms with Crippen molar-refractivity contribution < 1.29 is 19.4 Å². The number of carbonyl (C=O) groups is 2. The fourth-order valence-electron chi connectivity index (χ4n) is 5.58. The first-order valence-electron chi connectivity index (χ1n) is 8.33. The van der Waals surface area contributed by atoms with E-state index < -0.39 is 16.8 Å². The summed E-state index contributed by atoms with van der Waals surface area (Å²) >= 11 is 6.64. The van der Waals surface area contributed by atoms with E-state index in [2.05, 4.69) is 67.8 Å². The summed E-state index contributed by atoms with van der Waals surface area (Å²) in [5.41, 5.74) is -1.33. The molecule has 1 aromatic carbocycles. The Morgan fingerprint density at radius 2 is 1.52 bits per heavy atom. The number of hydrogen-bond donors (Lipinski definition) is 1. The van der Waals surface area contributed by atoms with Gasteiger partial charge in [0.1, 0.15) is 0 Å². The lowest BCUT2D eigenvalue weighted by Crippen LogP contribution is -2.58. The number of carboxylic acids is 1. The van der Waals surface area contributed by atoms with Crippen molar-refractivity contribution in [3.8, 4) is 5.75 Å². The molecule has 2 atom stereocenters. The summed E-state index contributed by atoms with van der Waals surface area (Å²) in [6, 6.07) is 3.98. The van der Waals surface area contributed by atoms with Crippen LogP contribution in [0.1, 0.15) is 38.5 Å². The molecule has 4 fully saturated rings. The van der Waals surface area contributed by atoms with Crippen LogP contribution in [0.5, 0.6) is 5.75 Å². The van der Waals surface area contributed by atoms with E-state index in [1.54, 1.807) is 0 Å². The molecule has 0 amide bonds. The van der Waals surface area contributed by atoms with Gasteiger partial charge in [0.15, 0.2) is 5.75 Å². The molecule has 1 N–H and O–H groups in total. The van der Waals surface area contributed by atoms with Gasteiger partial charge < -0.3 is 9.84 Å². The number of carbonyl (C=O) groups excluding carboxylic acids is 1. The highest BCUT2D eigenvalue weighted by Crippen LogP contribution is 2.65. The topological polar surface area (TPSA) is 63.6 Å². The van der Waals surface area contributed by atoms with Crippen molar-refractivity contribution in [2.45, 2.75) is 38.5 Å². The molecule has 4 saturated carbocycles. The lowest BCUT2D eigenvalue weighted by molar-refractivity contribution is -0.185. The Morgan fingerprint density at radius 1 is 1.00 bits per heavy atom. The third-order valence-corrected chi connectivity index (χ3v) is 8.33. The van der Waals surface area contributed by atoms with Crippen LogP contribution >= 0.6 is 67.8 Å². The number of benzene rings is 1. The molecule has 0 spiro atoms. The second kappa shape index (κ2) is 6.46. The van der Waals surface area contributed by atoms with Gasteiger partial charge in [-0.1, -0.05) is 0 Å². The van der Waals surface area contributed by atoms with Gasteiger partial charge in [0.05, 0.1) is 18.0 Å². The summed E-state index contributed by atoms with van der Waals surface area (Å²) in [5.74, 6) is 0.368. The van der Waals surface area contributed by atoms with Crippen LogP contribution in [0.15, 0.2) is 12.1 Å². The molecule has 25 heavy (non-hydrogen) atoms. The van der Waals surface area contributed by atoms with E-state index in [0.717, 1.165) is 42.8 Å². The molecule has 0 aromatic heterocycles. The number of aliphatic carboxylic acids is 1. The van der Waals surface area contributed by atoms with E-state index in [0.29, 0.717) is 24.0 Å². The van der Waals surface area contributed by atoms with Gasteiger partial charge in [-0.05, 0) is 130 Å². The summed E-state index contributed by atoms with van der Waals surface area (Å²) in [6.07, 6.45) is 4.55. The van der Waals surface area contributed by atoms with Crippen molar-refractivity contribution in [1.82, 2.24) is 0 Å². The minimum Gasteiger partial charge on any atom is -0.481 e. The van der Waals surface area contributed by atoms with Crippen molar-refractivity contribution in [2.24, 2.45) is 22.7 Å². The molecule has 4 bridgehead atoms. The highest BCUT2D eigenvalue weighted by atomic mass is 127. The fourth-order valence-corrected chi connectivity index (χ4v) is 9.38. The van der Waals surface area contributed by atoms with Crippen molar-refractivity contribution in [2.75, 3.05) is 0 Å². The van der Waals surface area contributed by atoms with Crippen molar-refractivity contribution >= 4 is 79.7 Å². The molecule has 0 saturated heterocycles. The first-order valence-corrected chi connectivity index (χ1v) is 11.6. The van der Waals surface area contributed by atoms with Gasteiger partial charge in [0.2, 0.25) is 0 Å². The van der Waals surface area contributed by atoms with Crippen molar-refractivity contribution in [3.63, 3.8) is 0 Å². The van der Waals surface area contributed by atoms with E-state index in [9.17, 15) is 14.7 Å². The van der Waals surface area contributed by atoms with Gasteiger partial charge in [0.25, 0.3) is 0 Å². The van der Waals surface area contributed by atoms with Crippen LogP contribution in [0.4, 0.5) is 0 Å². The fraction of sp³-hybridized carbons (Fsp3) is 0.556. The van der Waals surface area contributed by atoms with Crippen LogP contribution in [0, 0.1) is 33.4 Å². The van der Waals surface area contributed by atoms with Gasteiger partial charge in [-0.15, -0.1) is 0 Å². The zero-order valence-electron chi connectivity index (χ0n) is 13.4. The Hall–Kier alpha value is 0.350. The quantitative estimate of drug-likeness (QED) is 0.276. The monoisotopic (exact) mass is 678 g/mol. The molecule has 0 radical (unpaired) electrons. The van der Waals surface area contributed by atoms with Crippen molar-refractivity contribution in [3.05, 3.63) is 22.8 Å². The molecule has 5 rings (SSSR count). The number of rotatable bonds is 3. The minimum atomic E-state index is -0.725. The number of carboxylic acid groups (broad SMARTS) is 1. The van der Waals surface area contributed by atoms with Crippen LogP contribution < -0.4 is 4.74 Å². The average molecular weight is 678 g/mol. The summed E-state index contributed by atoms with van der Waals surface area (Å²) in [7, 11) is 0. The largest absolute Gasteiger partial charge is 0.481 e.